The predicted octanol–water partition coefficient (Wildman–Crippen LogP) is 2.97. The van der Waals surface area contributed by atoms with E-state index in [1.165, 1.54) is 0 Å². The number of nitrogens with one attached hydrogen (secondary N) is 1. The Morgan fingerprint density at radius 3 is 2.62 bits per heavy atom. The minimum absolute atomic E-state index is 0.00825. The maximum Gasteiger partial charge on any atom is 0.271 e. The Hall–Kier alpha value is -2.83. The molecule has 7 heteroatoms. The molecule has 2 aromatic rings. The predicted molar refractivity (Wildman–Crippen MR) is 109 cm³/mol. The highest BCUT2D eigenvalue weighted by Crippen LogP contribution is 2.32. The van der Waals surface area contributed by atoms with Crippen LogP contribution in [0.4, 0.5) is 0 Å². The topological polar surface area (TPSA) is 78.5 Å². The Kier molecular flexibility index (Phi) is 5.83. The molecule has 2 fully saturated rings. The third-order valence-corrected chi connectivity index (χ3v) is 6.23. The molecule has 2 amide bonds. The molecule has 2 saturated heterocycles. The zero-order valence-electron chi connectivity index (χ0n) is 16.8. The Balaban J connectivity index is 1.43. The van der Waals surface area contributed by atoms with E-state index in [0.717, 1.165) is 51.7 Å². The number of benzene rings is 1. The first-order valence-electron chi connectivity index (χ1n) is 10.4. The summed E-state index contributed by atoms with van der Waals surface area (Å²) in [6, 6.07) is 9.36. The van der Waals surface area contributed by atoms with Gasteiger partial charge in [0, 0.05) is 37.4 Å². The van der Waals surface area contributed by atoms with E-state index < -0.39 is 0 Å². The van der Waals surface area contributed by atoms with Crippen molar-refractivity contribution in [2.75, 3.05) is 26.7 Å². The largest absolute Gasteiger partial charge is 0.497 e. The van der Waals surface area contributed by atoms with Gasteiger partial charge in [-0.3, -0.25) is 14.7 Å². The van der Waals surface area contributed by atoms with Crippen LogP contribution in [-0.4, -0.2) is 64.6 Å². The van der Waals surface area contributed by atoms with Crippen LogP contribution in [0.1, 0.15) is 53.0 Å². The molecule has 7 nitrogen and oxygen atoms in total. The highest BCUT2D eigenvalue weighted by molar-refractivity contribution is 5.95. The average Bonchev–Trinajstić information content (AvgIpc) is 3.33. The summed E-state index contributed by atoms with van der Waals surface area (Å²) in [4.78, 5) is 29.7. The van der Waals surface area contributed by atoms with E-state index in [-0.39, 0.29) is 17.9 Å². The van der Waals surface area contributed by atoms with Crippen LogP contribution in [0.3, 0.4) is 0 Å². The zero-order chi connectivity index (χ0) is 20.2. The van der Waals surface area contributed by atoms with Gasteiger partial charge in [0.05, 0.1) is 7.11 Å². The number of aromatic amines is 1. The van der Waals surface area contributed by atoms with Gasteiger partial charge in [0.15, 0.2) is 0 Å². The number of hydrogen-bond donors (Lipinski definition) is 1. The lowest BCUT2D eigenvalue weighted by atomic mass is 9.83. The van der Waals surface area contributed by atoms with Gasteiger partial charge in [-0.15, -0.1) is 0 Å². The van der Waals surface area contributed by atoms with Crippen LogP contribution < -0.4 is 4.74 Å². The summed E-state index contributed by atoms with van der Waals surface area (Å²) in [6.07, 6.45) is 6.68. The number of methoxy groups -OCH3 is 1. The first-order valence-corrected chi connectivity index (χ1v) is 10.4. The van der Waals surface area contributed by atoms with Gasteiger partial charge in [-0.25, -0.2) is 0 Å². The van der Waals surface area contributed by atoms with E-state index in [4.69, 9.17) is 4.74 Å². The van der Waals surface area contributed by atoms with Crippen LogP contribution in [0, 0.1) is 5.92 Å². The molecule has 0 saturated carbocycles. The standard InChI is InChI=1S/C22H28N4O3/c1-29-18-6-4-5-17(15-18)21(27)26-12-3-2-7-20(26)16-9-13-25(14-10-16)22(28)19-8-11-23-24-19/h4-6,8,11,15-16,20H,2-3,7,9-10,12-14H2,1H3,(H,23,24)/t20-/m0/s1. The van der Waals surface area contributed by atoms with E-state index >= 15 is 0 Å². The fraction of sp³-hybridized carbons (Fsp3) is 0.500. The average molecular weight is 396 g/mol. The van der Waals surface area contributed by atoms with Crippen LogP contribution in [0.25, 0.3) is 0 Å². The van der Waals surface area contributed by atoms with Crippen LogP contribution in [0.15, 0.2) is 36.5 Å². The van der Waals surface area contributed by atoms with Crippen molar-refractivity contribution >= 4 is 11.8 Å². The van der Waals surface area contributed by atoms with Crippen LogP contribution >= 0.6 is 0 Å². The molecule has 1 aromatic carbocycles. The molecule has 0 aliphatic carbocycles. The van der Waals surface area contributed by atoms with Gasteiger partial charge < -0.3 is 14.5 Å². The number of hydrogen-bond acceptors (Lipinski definition) is 4. The summed E-state index contributed by atoms with van der Waals surface area (Å²) in [5.74, 6) is 1.23. The Bertz CT molecular complexity index is 844. The molecule has 2 aliphatic rings. The van der Waals surface area contributed by atoms with Crippen LogP contribution in [0.2, 0.25) is 0 Å². The van der Waals surface area contributed by atoms with E-state index in [0.29, 0.717) is 22.9 Å². The summed E-state index contributed by atoms with van der Waals surface area (Å²) in [5.41, 5.74) is 1.22. The van der Waals surface area contributed by atoms with Gasteiger partial charge in [0.1, 0.15) is 11.4 Å². The smallest absolute Gasteiger partial charge is 0.271 e. The molecule has 2 aliphatic heterocycles. The summed E-state index contributed by atoms with van der Waals surface area (Å²) in [5, 5.41) is 6.63. The Morgan fingerprint density at radius 2 is 1.90 bits per heavy atom. The zero-order valence-corrected chi connectivity index (χ0v) is 16.8. The lowest BCUT2D eigenvalue weighted by molar-refractivity contribution is 0.0373. The quantitative estimate of drug-likeness (QED) is 0.862. The fourth-order valence-electron chi connectivity index (χ4n) is 4.65. The van der Waals surface area contributed by atoms with Gasteiger partial charge in [-0.05, 0) is 62.3 Å². The van der Waals surface area contributed by atoms with Gasteiger partial charge in [-0.1, -0.05) is 6.07 Å². The third-order valence-electron chi connectivity index (χ3n) is 6.23. The molecule has 1 atom stereocenters. The molecule has 0 radical (unpaired) electrons. The van der Waals surface area contributed by atoms with E-state index in [1.807, 2.05) is 29.2 Å². The van der Waals surface area contributed by atoms with Gasteiger partial charge in [0.2, 0.25) is 0 Å². The number of H-pyrrole nitrogens is 1. The van der Waals surface area contributed by atoms with Crippen molar-refractivity contribution in [1.29, 1.82) is 0 Å². The molecule has 3 heterocycles. The number of nitrogens with zero attached hydrogens (tertiary/aromatic N) is 3. The summed E-state index contributed by atoms with van der Waals surface area (Å²) in [6.45, 7) is 2.24. The van der Waals surface area contributed by atoms with E-state index in [2.05, 4.69) is 15.1 Å². The molecular weight excluding hydrogens is 368 g/mol. The number of ether oxygens (including phenoxy) is 1. The Morgan fingerprint density at radius 1 is 1.07 bits per heavy atom. The lowest BCUT2D eigenvalue weighted by Gasteiger charge is -2.43. The first-order chi connectivity index (χ1) is 14.2. The van der Waals surface area contributed by atoms with Crippen molar-refractivity contribution in [3.63, 3.8) is 0 Å². The second kappa shape index (κ2) is 8.68. The maximum atomic E-state index is 13.2. The van der Waals surface area contributed by atoms with Gasteiger partial charge >= 0.3 is 0 Å². The summed E-state index contributed by atoms with van der Waals surface area (Å²) in [7, 11) is 1.62. The van der Waals surface area contributed by atoms with Crippen molar-refractivity contribution < 1.29 is 14.3 Å². The Labute approximate surface area is 171 Å². The molecular formula is C22H28N4O3. The minimum atomic E-state index is 0.00825. The van der Waals surface area contributed by atoms with Crippen LogP contribution in [0.5, 0.6) is 5.75 Å². The van der Waals surface area contributed by atoms with E-state index in [9.17, 15) is 9.59 Å². The second-order valence-electron chi connectivity index (χ2n) is 7.89. The third kappa shape index (κ3) is 4.13. The monoisotopic (exact) mass is 396 g/mol. The first kappa shape index (κ1) is 19.5. The fourth-order valence-corrected chi connectivity index (χ4v) is 4.65. The van der Waals surface area contributed by atoms with Crippen molar-refractivity contribution in [3.05, 3.63) is 47.8 Å². The lowest BCUT2D eigenvalue weighted by Crippen LogP contribution is -2.51. The summed E-state index contributed by atoms with van der Waals surface area (Å²) < 4.78 is 5.29. The molecule has 0 spiro atoms. The van der Waals surface area contributed by atoms with E-state index in [1.54, 1.807) is 19.4 Å². The molecule has 1 N–H and O–H groups in total. The number of aromatic nitrogens is 2. The molecule has 1 aromatic heterocycles. The SMILES string of the molecule is COc1cccc(C(=O)N2CCCC[C@H]2C2CCN(C(=O)c3ccn[nH]3)CC2)c1. The summed E-state index contributed by atoms with van der Waals surface area (Å²) >= 11 is 0. The number of carbonyl (C=O) groups is 2. The molecule has 4 rings (SSSR count). The number of carbonyl (C=O) groups excluding carboxylic acids is 2. The van der Waals surface area contributed by atoms with Crippen molar-refractivity contribution in [2.24, 2.45) is 5.92 Å². The number of piperidine rings is 2. The van der Waals surface area contributed by atoms with Crippen molar-refractivity contribution in [2.45, 2.75) is 38.1 Å². The van der Waals surface area contributed by atoms with Crippen LogP contribution in [-0.2, 0) is 0 Å². The normalized spacial score (nSPS) is 20.5. The van der Waals surface area contributed by atoms with Crippen molar-refractivity contribution in [3.8, 4) is 5.75 Å². The number of likely N-dealkylation sites (tertiary alicyclic amines) is 2. The molecule has 0 unspecified atom stereocenters. The molecule has 0 bridgehead atoms. The molecule has 154 valence electrons. The highest BCUT2D eigenvalue weighted by Gasteiger charge is 2.36. The number of amides is 2. The van der Waals surface area contributed by atoms with Crippen molar-refractivity contribution in [1.82, 2.24) is 20.0 Å². The maximum absolute atomic E-state index is 13.2. The second-order valence-corrected chi connectivity index (χ2v) is 7.89. The minimum Gasteiger partial charge on any atom is -0.497 e. The highest BCUT2D eigenvalue weighted by atomic mass is 16.5. The van der Waals surface area contributed by atoms with Gasteiger partial charge in [0.25, 0.3) is 11.8 Å². The number of rotatable bonds is 4. The molecule has 29 heavy (non-hydrogen) atoms. The van der Waals surface area contributed by atoms with Gasteiger partial charge in [-0.2, -0.15) is 5.10 Å².